The Labute approximate surface area is 97.3 Å². The minimum Gasteiger partial charge on any atom is -0.497 e. The summed E-state index contributed by atoms with van der Waals surface area (Å²) in [6.07, 6.45) is 4.10. The van der Waals surface area contributed by atoms with Gasteiger partial charge in [0, 0.05) is 12.6 Å². The molecule has 0 N–H and O–H groups in total. The Kier molecular flexibility index (Phi) is 5.43. The molecule has 88 valence electrons. The maximum absolute atomic E-state index is 5.54. The van der Waals surface area contributed by atoms with Gasteiger partial charge in [-0.3, -0.25) is 0 Å². The van der Waals surface area contributed by atoms with Gasteiger partial charge in [0.15, 0.2) is 0 Å². The summed E-state index contributed by atoms with van der Waals surface area (Å²) in [4.78, 5) is 2.10. The number of hydrogen-bond donors (Lipinski definition) is 0. The smallest absolute Gasteiger partial charge is 0.123 e. The lowest BCUT2D eigenvalue weighted by Gasteiger charge is -2.06. The molecule has 0 saturated carbocycles. The molecule has 0 amide bonds. The maximum atomic E-state index is 5.54. The van der Waals surface area contributed by atoms with Crippen LogP contribution in [0.5, 0.6) is 11.5 Å². The van der Waals surface area contributed by atoms with Gasteiger partial charge in [-0.1, -0.05) is 18.2 Å². The molecule has 0 heterocycles. The minimum atomic E-state index is 0.584. The first-order valence-electron chi connectivity index (χ1n) is 5.29. The van der Waals surface area contributed by atoms with E-state index in [1.807, 2.05) is 44.4 Å². The molecule has 1 aromatic rings. The van der Waals surface area contributed by atoms with Crippen LogP contribution in [0.2, 0.25) is 0 Å². The van der Waals surface area contributed by atoms with E-state index in [0.717, 1.165) is 18.0 Å². The molecule has 0 saturated heterocycles. The van der Waals surface area contributed by atoms with Crippen molar-refractivity contribution in [1.29, 1.82) is 0 Å². The summed E-state index contributed by atoms with van der Waals surface area (Å²) in [7, 11) is 5.72. The summed E-state index contributed by atoms with van der Waals surface area (Å²) in [6, 6.07) is 7.61. The van der Waals surface area contributed by atoms with Crippen molar-refractivity contribution in [3.63, 3.8) is 0 Å². The molecule has 0 radical (unpaired) electrons. The number of benzene rings is 1. The van der Waals surface area contributed by atoms with Crippen molar-refractivity contribution < 1.29 is 9.47 Å². The Balaban J connectivity index is 2.34. The Morgan fingerprint density at radius 1 is 1.19 bits per heavy atom. The van der Waals surface area contributed by atoms with Gasteiger partial charge in [0.05, 0.1) is 7.11 Å². The standard InChI is InChI=1S/C13H19NO2/c1-14(2)9-4-5-10-16-13-8-6-7-12(11-13)15-3/h4-8,11H,9-10H2,1-3H3. The largest absolute Gasteiger partial charge is 0.497 e. The monoisotopic (exact) mass is 221 g/mol. The molecule has 16 heavy (non-hydrogen) atoms. The summed E-state index contributed by atoms with van der Waals surface area (Å²) in [5, 5.41) is 0. The molecular weight excluding hydrogens is 202 g/mol. The van der Waals surface area contributed by atoms with Crippen LogP contribution < -0.4 is 9.47 Å². The van der Waals surface area contributed by atoms with E-state index in [9.17, 15) is 0 Å². The van der Waals surface area contributed by atoms with Crippen molar-refractivity contribution in [3.8, 4) is 11.5 Å². The first-order chi connectivity index (χ1) is 7.72. The summed E-state index contributed by atoms with van der Waals surface area (Å²) >= 11 is 0. The van der Waals surface area contributed by atoms with Gasteiger partial charge in [-0.2, -0.15) is 0 Å². The van der Waals surface area contributed by atoms with Crippen molar-refractivity contribution in [2.45, 2.75) is 0 Å². The van der Waals surface area contributed by atoms with Gasteiger partial charge >= 0.3 is 0 Å². The van der Waals surface area contributed by atoms with Crippen LogP contribution in [0.4, 0.5) is 0 Å². The molecule has 0 atom stereocenters. The van der Waals surface area contributed by atoms with Crippen molar-refractivity contribution in [1.82, 2.24) is 4.90 Å². The van der Waals surface area contributed by atoms with Gasteiger partial charge < -0.3 is 14.4 Å². The quantitative estimate of drug-likeness (QED) is 0.687. The number of nitrogens with zero attached hydrogens (tertiary/aromatic N) is 1. The molecule has 1 aromatic carbocycles. The van der Waals surface area contributed by atoms with Crippen LogP contribution >= 0.6 is 0 Å². The first-order valence-corrected chi connectivity index (χ1v) is 5.29. The van der Waals surface area contributed by atoms with Crippen molar-refractivity contribution in [3.05, 3.63) is 36.4 Å². The fourth-order valence-electron chi connectivity index (χ4n) is 1.19. The van der Waals surface area contributed by atoms with Crippen molar-refractivity contribution in [2.75, 3.05) is 34.4 Å². The molecule has 0 aliphatic rings. The minimum absolute atomic E-state index is 0.584. The van der Waals surface area contributed by atoms with E-state index in [1.165, 1.54) is 0 Å². The molecule has 3 heteroatoms. The summed E-state index contributed by atoms with van der Waals surface area (Å²) in [6.45, 7) is 1.52. The van der Waals surface area contributed by atoms with Gasteiger partial charge in [-0.25, -0.2) is 0 Å². The van der Waals surface area contributed by atoms with E-state index in [1.54, 1.807) is 7.11 Å². The second-order valence-corrected chi connectivity index (χ2v) is 3.72. The van der Waals surface area contributed by atoms with Crippen LogP contribution in [-0.4, -0.2) is 39.3 Å². The molecule has 0 aromatic heterocycles. The number of likely N-dealkylation sites (N-methyl/N-ethyl adjacent to an activating group) is 1. The van der Waals surface area contributed by atoms with E-state index in [0.29, 0.717) is 6.61 Å². The number of methoxy groups -OCH3 is 1. The zero-order valence-electron chi connectivity index (χ0n) is 10.1. The third kappa shape index (κ3) is 4.84. The van der Waals surface area contributed by atoms with Crippen LogP contribution in [0.1, 0.15) is 0 Å². The van der Waals surface area contributed by atoms with E-state index < -0.39 is 0 Å². The van der Waals surface area contributed by atoms with Gasteiger partial charge in [0.2, 0.25) is 0 Å². The second kappa shape index (κ2) is 6.90. The Morgan fingerprint density at radius 2 is 1.94 bits per heavy atom. The highest BCUT2D eigenvalue weighted by Crippen LogP contribution is 2.18. The lowest BCUT2D eigenvalue weighted by molar-refractivity contribution is 0.355. The van der Waals surface area contributed by atoms with E-state index in [-0.39, 0.29) is 0 Å². The summed E-state index contributed by atoms with van der Waals surface area (Å²) in [5.41, 5.74) is 0. The first kappa shape index (κ1) is 12.6. The lowest BCUT2D eigenvalue weighted by Crippen LogP contribution is -2.10. The van der Waals surface area contributed by atoms with Crippen molar-refractivity contribution in [2.24, 2.45) is 0 Å². The third-order valence-electron chi connectivity index (χ3n) is 2.02. The van der Waals surface area contributed by atoms with E-state index >= 15 is 0 Å². The fraction of sp³-hybridized carbons (Fsp3) is 0.385. The topological polar surface area (TPSA) is 21.7 Å². The average Bonchev–Trinajstić information content (AvgIpc) is 2.28. The van der Waals surface area contributed by atoms with E-state index in [4.69, 9.17) is 9.47 Å². The van der Waals surface area contributed by atoms with Crippen LogP contribution in [0.3, 0.4) is 0 Å². The van der Waals surface area contributed by atoms with Gasteiger partial charge in [-0.05, 0) is 26.2 Å². The third-order valence-corrected chi connectivity index (χ3v) is 2.02. The predicted molar refractivity (Wildman–Crippen MR) is 66.2 cm³/mol. The Hall–Kier alpha value is -1.48. The maximum Gasteiger partial charge on any atom is 0.123 e. The zero-order valence-corrected chi connectivity index (χ0v) is 10.1. The number of rotatable bonds is 6. The SMILES string of the molecule is COc1cccc(OCC=CCN(C)C)c1. The predicted octanol–water partition coefficient (Wildman–Crippen LogP) is 2.19. The van der Waals surface area contributed by atoms with Crippen molar-refractivity contribution >= 4 is 0 Å². The highest BCUT2D eigenvalue weighted by Gasteiger charge is 1.94. The average molecular weight is 221 g/mol. The second-order valence-electron chi connectivity index (χ2n) is 3.72. The Bertz CT molecular complexity index is 334. The van der Waals surface area contributed by atoms with Crippen LogP contribution in [0, 0.1) is 0 Å². The van der Waals surface area contributed by atoms with Crippen LogP contribution in [-0.2, 0) is 0 Å². The molecule has 0 unspecified atom stereocenters. The molecule has 0 fully saturated rings. The molecule has 0 spiro atoms. The zero-order chi connectivity index (χ0) is 11.8. The highest BCUT2D eigenvalue weighted by atomic mass is 16.5. The molecule has 0 aliphatic heterocycles. The molecule has 1 rings (SSSR count). The van der Waals surface area contributed by atoms with Gasteiger partial charge in [-0.15, -0.1) is 0 Å². The lowest BCUT2D eigenvalue weighted by atomic mass is 10.3. The van der Waals surface area contributed by atoms with E-state index in [2.05, 4.69) is 11.0 Å². The summed E-state index contributed by atoms with van der Waals surface area (Å²) in [5.74, 6) is 1.64. The van der Waals surface area contributed by atoms with Gasteiger partial charge in [0.1, 0.15) is 18.1 Å². The fourth-order valence-corrected chi connectivity index (χ4v) is 1.19. The van der Waals surface area contributed by atoms with Crippen LogP contribution in [0.15, 0.2) is 36.4 Å². The number of hydrogen-bond acceptors (Lipinski definition) is 3. The molecule has 3 nitrogen and oxygen atoms in total. The normalized spacial score (nSPS) is 11.0. The highest BCUT2D eigenvalue weighted by molar-refractivity contribution is 5.32. The molecule has 0 aliphatic carbocycles. The number of ether oxygens (including phenoxy) is 2. The molecular formula is C13H19NO2. The van der Waals surface area contributed by atoms with Gasteiger partial charge in [0.25, 0.3) is 0 Å². The summed E-state index contributed by atoms with van der Waals surface area (Å²) < 4.78 is 10.7. The Morgan fingerprint density at radius 3 is 2.62 bits per heavy atom. The van der Waals surface area contributed by atoms with Crippen LogP contribution in [0.25, 0.3) is 0 Å². The molecule has 0 bridgehead atoms.